The molecule has 1 heterocycles. The van der Waals surface area contributed by atoms with Gasteiger partial charge in [0.15, 0.2) is 0 Å². The van der Waals surface area contributed by atoms with Gasteiger partial charge in [-0.2, -0.15) is 0 Å². The summed E-state index contributed by atoms with van der Waals surface area (Å²) in [5.41, 5.74) is -1.71. The van der Waals surface area contributed by atoms with Gasteiger partial charge in [-0.05, 0) is 60.3 Å². The van der Waals surface area contributed by atoms with E-state index in [9.17, 15) is 14.7 Å². The Morgan fingerprint density at radius 2 is 1.89 bits per heavy atom. The van der Waals surface area contributed by atoms with Crippen LogP contribution in [0.2, 0.25) is 0 Å². The molecule has 2 aliphatic rings. The summed E-state index contributed by atoms with van der Waals surface area (Å²) < 4.78 is 17.5. The maximum atomic E-state index is 12.3. The minimum Gasteiger partial charge on any atom is -0.463 e. The summed E-state index contributed by atoms with van der Waals surface area (Å²) >= 11 is 0. The van der Waals surface area contributed by atoms with Crippen molar-refractivity contribution in [3.63, 3.8) is 0 Å². The smallest absolute Gasteiger partial charge is 0.333 e. The number of hydrogen-bond acceptors (Lipinski definition) is 6. The lowest BCUT2D eigenvalue weighted by molar-refractivity contribution is -0.256. The number of carbonyl (C=O) groups is 2. The highest BCUT2D eigenvalue weighted by Gasteiger charge is 2.52. The van der Waals surface area contributed by atoms with E-state index < -0.39 is 28.9 Å². The monoisotopic (exact) mass is 394 g/mol. The number of ether oxygens (including phenoxy) is 3. The van der Waals surface area contributed by atoms with E-state index in [4.69, 9.17) is 14.2 Å². The van der Waals surface area contributed by atoms with Crippen LogP contribution in [0.3, 0.4) is 0 Å². The lowest BCUT2D eigenvalue weighted by Crippen LogP contribution is -2.60. The van der Waals surface area contributed by atoms with Crippen LogP contribution in [0.1, 0.15) is 67.2 Å². The van der Waals surface area contributed by atoms with Crippen LogP contribution < -0.4 is 0 Å². The molecule has 0 radical (unpaired) electrons. The minimum atomic E-state index is -0.948. The quantitative estimate of drug-likeness (QED) is 0.437. The molecule has 0 aromatic rings. The predicted molar refractivity (Wildman–Crippen MR) is 106 cm³/mol. The third kappa shape index (κ3) is 5.23. The second kappa shape index (κ2) is 8.37. The number of hydrogen-bond donors (Lipinski definition) is 1. The van der Waals surface area contributed by atoms with Gasteiger partial charge in [0.2, 0.25) is 0 Å². The molecule has 1 fully saturated rings. The first kappa shape index (κ1) is 22.6. The van der Waals surface area contributed by atoms with Gasteiger partial charge in [0.05, 0.1) is 11.2 Å². The first-order valence-electron chi connectivity index (χ1n) is 10.00. The fraction of sp³-hybridized carbons (Fsp3) is 0.727. The Balaban J connectivity index is 2.23. The number of carbonyl (C=O) groups excluding carboxylic acids is 2. The van der Waals surface area contributed by atoms with Crippen molar-refractivity contribution in [2.24, 2.45) is 5.92 Å². The molecule has 6 heteroatoms. The van der Waals surface area contributed by atoms with Gasteiger partial charge < -0.3 is 19.3 Å². The fourth-order valence-electron chi connectivity index (χ4n) is 3.98. The zero-order valence-corrected chi connectivity index (χ0v) is 17.9. The van der Waals surface area contributed by atoms with Gasteiger partial charge in [-0.15, -0.1) is 0 Å². The van der Waals surface area contributed by atoms with Gasteiger partial charge in [-0.25, -0.2) is 4.79 Å². The molecule has 0 saturated carbocycles. The van der Waals surface area contributed by atoms with E-state index >= 15 is 0 Å². The zero-order chi connectivity index (χ0) is 21.2. The normalized spacial score (nSPS) is 38.8. The third-order valence-electron chi connectivity index (χ3n) is 6.05. The fourth-order valence-corrected chi connectivity index (χ4v) is 3.98. The number of allylic oxidation sites excluding steroid dienone is 1. The van der Waals surface area contributed by atoms with Crippen molar-refractivity contribution in [1.29, 1.82) is 0 Å². The van der Waals surface area contributed by atoms with Crippen LogP contribution in [0, 0.1) is 5.92 Å². The van der Waals surface area contributed by atoms with Gasteiger partial charge in [0, 0.05) is 18.4 Å². The first-order chi connectivity index (χ1) is 12.9. The third-order valence-corrected chi connectivity index (χ3v) is 6.05. The average Bonchev–Trinajstić information content (AvgIpc) is 2.61. The van der Waals surface area contributed by atoms with Crippen molar-refractivity contribution in [2.45, 2.75) is 90.1 Å². The summed E-state index contributed by atoms with van der Waals surface area (Å²) in [4.78, 5) is 23.7. The Kier molecular flexibility index (Phi) is 6.77. The molecule has 1 aliphatic carbocycles. The molecule has 158 valence electrons. The van der Waals surface area contributed by atoms with Crippen LogP contribution >= 0.6 is 0 Å². The molecule has 0 spiro atoms. The summed E-state index contributed by atoms with van der Waals surface area (Å²) in [6.07, 6.45) is 7.81. The molecular formula is C22H34O6. The largest absolute Gasteiger partial charge is 0.463 e. The zero-order valence-electron chi connectivity index (χ0n) is 17.9. The molecule has 5 atom stereocenters. The molecule has 0 aromatic heterocycles. The Morgan fingerprint density at radius 1 is 1.21 bits per heavy atom. The highest BCUT2D eigenvalue weighted by molar-refractivity contribution is 5.87. The van der Waals surface area contributed by atoms with E-state index in [1.807, 2.05) is 26.0 Å². The van der Waals surface area contributed by atoms with Gasteiger partial charge in [-0.3, -0.25) is 4.79 Å². The lowest BCUT2D eigenvalue weighted by atomic mass is 9.72. The van der Waals surface area contributed by atoms with Crippen LogP contribution in [-0.2, 0) is 23.8 Å². The van der Waals surface area contributed by atoms with Crippen LogP contribution in [0.15, 0.2) is 23.8 Å². The van der Waals surface area contributed by atoms with Crippen molar-refractivity contribution in [3.05, 3.63) is 23.8 Å². The van der Waals surface area contributed by atoms with Crippen LogP contribution in [0.25, 0.3) is 0 Å². The van der Waals surface area contributed by atoms with Crippen molar-refractivity contribution in [1.82, 2.24) is 0 Å². The number of esters is 2. The Hall–Kier alpha value is -1.66. The van der Waals surface area contributed by atoms with Gasteiger partial charge in [0.1, 0.15) is 18.3 Å². The molecule has 2 rings (SSSR count). The highest BCUT2D eigenvalue weighted by Crippen LogP contribution is 2.45. The first-order valence-corrected chi connectivity index (χ1v) is 10.00. The Labute approximate surface area is 167 Å². The van der Waals surface area contributed by atoms with Crippen LogP contribution in [-0.4, -0.2) is 46.6 Å². The molecule has 28 heavy (non-hydrogen) atoms. The lowest BCUT2D eigenvalue weighted by Gasteiger charge is -2.51. The second-order valence-corrected chi connectivity index (χ2v) is 8.77. The topological polar surface area (TPSA) is 82.1 Å². The van der Waals surface area contributed by atoms with E-state index in [1.165, 1.54) is 6.92 Å². The summed E-state index contributed by atoms with van der Waals surface area (Å²) in [5.74, 6) is -0.666. The summed E-state index contributed by atoms with van der Waals surface area (Å²) in [5, 5.41) is 10.2. The minimum absolute atomic E-state index is 0.0128. The maximum Gasteiger partial charge on any atom is 0.333 e. The summed E-state index contributed by atoms with van der Waals surface area (Å²) in [7, 11) is 0. The molecule has 0 amide bonds. The summed E-state index contributed by atoms with van der Waals surface area (Å²) in [6.45, 7) is 10.5. The molecule has 0 unspecified atom stereocenters. The number of rotatable bonds is 5. The molecule has 6 nitrogen and oxygen atoms in total. The molecular weight excluding hydrogens is 360 g/mol. The standard InChI is InChI=1S/C22H34O6/c1-7-15(2)19(24)27-18-10-13-21(5,17-8-11-20(4,25)12-9-17)28-22(18,6)14-26-16(3)23/h7-8,11,17-18,25H,9-10,12-14H2,1-6H3/b15-7+/t17-,18+,20-,21+,22+/m1/s1. The van der Waals surface area contributed by atoms with E-state index in [-0.39, 0.29) is 18.5 Å². The van der Waals surface area contributed by atoms with Crippen molar-refractivity contribution in [3.8, 4) is 0 Å². The van der Waals surface area contributed by atoms with Crippen LogP contribution in [0.4, 0.5) is 0 Å². The SMILES string of the molecule is C/C=C(\C)C(=O)O[C@H]1CC[C@@](C)([C@@H]2C=C[C@@](C)(O)CC2)O[C@@]1(C)COC(C)=O. The van der Waals surface area contributed by atoms with Crippen molar-refractivity contribution >= 4 is 11.9 Å². The molecule has 1 saturated heterocycles. The molecule has 1 aliphatic heterocycles. The van der Waals surface area contributed by atoms with E-state index in [0.717, 1.165) is 6.42 Å². The summed E-state index contributed by atoms with van der Waals surface area (Å²) in [6, 6.07) is 0. The van der Waals surface area contributed by atoms with E-state index in [0.29, 0.717) is 24.8 Å². The van der Waals surface area contributed by atoms with Gasteiger partial charge in [0.25, 0.3) is 0 Å². The second-order valence-electron chi connectivity index (χ2n) is 8.77. The molecule has 0 aromatic carbocycles. The van der Waals surface area contributed by atoms with Crippen molar-refractivity contribution in [2.75, 3.05) is 6.61 Å². The van der Waals surface area contributed by atoms with Gasteiger partial charge in [-0.1, -0.05) is 18.2 Å². The van der Waals surface area contributed by atoms with Crippen molar-refractivity contribution < 1.29 is 28.9 Å². The molecule has 1 N–H and O–H groups in total. The van der Waals surface area contributed by atoms with Crippen LogP contribution in [0.5, 0.6) is 0 Å². The number of aliphatic hydroxyl groups is 1. The predicted octanol–water partition coefficient (Wildman–Crippen LogP) is 3.47. The molecule has 0 bridgehead atoms. The van der Waals surface area contributed by atoms with Gasteiger partial charge >= 0.3 is 11.9 Å². The highest BCUT2D eigenvalue weighted by atomic mass is 16.6. The Morgan fingerprint density at radius 3 is 2.43 bits per heavy atom. The average molecular weight is 395 g/mol. The van der Waals surface area contributed by atoms with E-state index in [2.05, 4.69) is 0 Å². The maximum absolute atomic E-state index is 12.3. The Bertz CT molecular complexity index is 664. The van der Waals surface area contributed by atoms with E-state index in [1.54, 1.807) is 26.8 Å².